The lowest BCUT2D eigenvalue weighted by molar-refractivity contribution is 0.0909. The fourth-order valence-electron chi connectivity index (χ4n) is 4.04. The lowest BCUT2D eigenvalue weighted by atomic mass is 10.0. The van der Waals surface area contributed by atoms with Crippen LogP contribution in [-0.4, -0.2) is 41.4 Å². The molecule has 2 aliphatic heterocycles. The molecule has 2 aromatic rings. The highest BCUT2D eigenvalue weighted by Crippen LogP contribution is 2.43. The number of benzene rings is 2. The van der Waals surface area contributed by atoms with Gasteiger partial charge in [0.05, 0.1) is 4.58 Å². The molecular weight excluding hydrogens is 396 g/mol. The first-order valence-electron chi connectivity index (χ1n) is 10.6. The Hall–Kier alpha value is -1.43. The smallest absolute Gasteiger partial charge is 0.251 e. The Balaban J connectivity index is 1.25. The fraction of sp³-hybridized carbons (Fsp3) is 0.458. The number of hydrogen-bond donors (Lipinski definition) is 1. The molecule has 29 heavy (non-hydrogen) atoms. The van der Waals surface area contributed by atoms with E-state index in [0.717, 1.165) is 38.0 Å². The molecule has 0 bridgehead atoms. The van der Waals surface area contributed by atoms with Crippen LogP contribution < -0.4 is 5.32 Å². The molecule has 0 aliphatic carbocycles. The van der Waals surface area contributed by atoms with Gasteiger partial charge in [-0.2, -0.15) is 0 Å². The summed E-state index contributed by atoms with van der Waals surface area (Å²) in [6, 6.07) is 17.3. The Morgan fingerprint density at radius 2 is 1.79 bits per heavy atom. The van der Waals surface area contributed by atoms with E-state index in [0.29, 0.717) is 4.58 Å². The van der Waals surface area contributed by atoms with Gasteiger partial charge >= 0.3 is 0 Å². The first kappa shape index (κ1) is 20.8. The molecule has 2 aromatic carbocycles. The molecule has 2 heterocycles. The Labute approximate surface area is 183 Å². The number of carbonyl (C=O) groups is 1. The van der Waals surface area contributed by atoms with Gasteiger partial charge in [-0.15, -0.1) is 23.5 Å². The second-order valence-electron chi connectivity index (χ2n) is 8.06. The molecule has 4 rings (SSSR count). The molecular formula is C24H30N2OS2. The van der Waals surface area contributed by atoms with Crippen molar-refractivity contribution in [1.82, 2.24) is 10.2 Å². The molecule has 0 atom stereocenters. The number of piperidine rings is 1. The minimum Gasteiger partial charge on any atom is -0.349 e. The monoisotopic (exact) mass is 426 g/mol. The van der Waals surface area contributed by atoms with Crippen LogP contribution in [0.15, 0.2) is 48.5 Å². The Kier molecular flexibility index (Phi) is 7.22. The lowest BCUT2D eigenvalue weighted by Crippen LogP contribution is -2.44. The second-order valence-corrected chi connectivity index (χ2v) is 10.8. The van der Waals surface area contributed by atoms with Gasteiger partial charge in [-0.3, -0.25) is 9.69 Å². The zero-order valence-electron chi connectivity index (χ0n) is 17.1. The third-order valence-electron chi connectivity index (χ3n) is 5.68. The third kappa shape index (κ3) is 5.80. The maximum absolute atomic E-state index is 12.7. The quantitative estimate of drug-likeness (QED) is 0.707. The van der Waals surface area contributed by atoms with Crippen molar-refractivity contribution in [2.24, 2.45) is 0 Å². The molecule has 0 unspecified atom stereocenters. The molecule has 0 spiro atoms. The third-order valence-corrected chi connectivity index (χ3v) is 8.70. The average molecular weight is 427 g/mol. The number of rotatable bonds is 5. The summed E-state index contributed by atoms with van der Waals surface area (Å²) in [5.41, 5.74) is 4.81. The van der Waals surface area contributed by atoms with Gasteiger partial charge in [0.1, 0.15) is 0 Å². The molecule has 1 N–H and O–H groups in total. The van der Waals surface area contributed by atoms with E-state index in [4.69, 9.17) is 0 Å². The molecule has 0 saturated carbocycles. The van der Waals surface area contributed by atoms with Gasteiger partial charge in [0.25, 0.3) is 5.91 Å². The summed E-state index contributed by atoms with van der Waals surface area (Å²) in [5.74, 6) is 2.54. The fourth-order valence-corrected chi connectivity index (χ4v) is 6.94. The summed E-state index contributed by atoms with van der Waals surface area (Å²) in [7, 11) is 0. The van der Waals surface area contributed by atoms with Crippen LogP contribution in [0.5, 0.6) is 0 Å². The number of amides is 1. The molecule has 0 aromatic heterocycles. The van der Waals surface area contributed by atoms with Gasteiger partial charge in [0.2, 0.25) is 0 Å². The van der Waals surface area contributed by atoms with Crippen molar-refractivity contribution in [2.45, 2.75) is 43.4 Å². The molecule has 1 amide bonds. The predicted octanol–water partition coefficient (Wildman–Crippen LogP) is 5.26. The van der Waals surface area contributed by atoms with Crippen molar-refractivity contribution in [3.63, 3.8) is 0 Å². The van der Waals surface area contributed by atoms with Gasteiger partial charge in [0, 0.05) is 31.2 Å². The van der Waals surface area contributed by atoms with Crippen LogP contribution in [0.4, 0.5) is 0 Å². The normalized spacial score (nSPS) is 19.2. The summed E-state index contributed by atoms with van der Waals surface area (Å²) >= 11 is 4.04. The van der Waals surface area contributed by atoms with E-state index in [-0.39, 0.29) is 11.9 Å². The average Bonchev–Trinajstić information content (AvgIpc) is 2.76. The van der Waals surface area contributed by atoms with E-state index in [1.807, 2.05) is 35.7 Å². The highest BCUT2D eigenvalue weighted by Gasteiger charge is 2.22. The predicted molar refractivity (Wildman–Crippen MR) is 126 cm³/mol. The lowest BCUT2D eigenvalue weighted by Gasteiger charge is -2.32. The SMILES string of the molecule is Cc1cccc(CN2CCC(NC(=O)c3ccc(C4SCCCS4)cc3)CC2)c1. The van der Waals surface area contributed by atoms with E-state index in [1.54, 1.807) is 0 Å². The van der Waals surface area contributed by atoms with E-state index in [1.165, 1.54) is 34.6 Å². The van der Waals surface area contributed by atoms with Gasteiger partial charge < -0.3 is 5.32 Å². The van der Waals surface area contributed by atoms with Gasteiger partial charge in [-0.25, -0.2) is 0 Å². The van der Waals surface area contributed by atoms with Crippen LogP contribution in [-0.2, 0) is 6.54 Å². The molecule has 154 valence electrons. The minimum atomic E-state index is 0.0673. The molecule has 0 radical (unpaired) electrons. The van der Waals surface area contributed by atoms with Crippen molar-refractivity contribution < 1.29 is 4.79 Å². The summed E-state index contributed by atoms with van der Waals surface area (Å²) in [4.78, 5) is 15.2. The molecule has 5 heteroatoms. The molecule has 2 aliphatic rings. The largest absolute Gasteiger partial charge is 0.349 e. The topological polar surface area (TPSA) is 32.3 Å². The standard InChI is InChI=1S/C24H30N2OS2/c1-18-4-2-5-19(16-18)17-26-12-10-22(11-13-26)25-23(27)20-6-8-21(9-7-20)24-28-14-3-15-29-24/h2,4-9,16,22,24H,3,10-15,17H2,1H3,(H,25,27). The van der Waals surface area contributed by atoms with Gasteiger partial charge in [-0.1, -0.05) is 42.0 Å². The number of aryl methyl sites for hydroxylation is 1. The molecule has 3 nitrogen and oxygen atoms in total. The van der Waals surface area contributed by atoms with Crippen molar-refractivity contribution in [2.75, 3.05) is 24.6 Å². The van der Waals surface area contributed by atoms with Crippen LogP contribution in [0.2, 0.25) is 0 Å². The van der Waals surface area contributed by atoms with E-state index < -0.39 is 0 Å². The highest BCUT2D eigenvalue weighted by molar-refractivity contribution is 8.16. The number of carbonyl (C=O) groups excluding carboxylic acids is 1. The number of hydrogen-bond acceptors (Lipinski definition) is 4. The molecule has 2 saturated heterocycles. The first-order valence-corrected chi connectivity index (χ1v) is 12.7. The number of likely N-dealkylation sites (tertiary alicyclic amines) is 1. The van der Waals surface area contributed by atoms with E-state index in [2.05, 4.69) is 53.5 Å². The number of thioether (sulfide) groups is 2. The zero-order chi connectivity index (χ0) is 20.1. The minimum absolute atomic E-state index is 0.0673. The summed E-state index contributed by atoms with van der Waals surface area (Å²) < 4.78 is 0.526. The maximum atomic E-state index is 12.7. The zero-order valence-corrected chi connectivity index (χ0v) is 18.7. The highest BCUT2D eigenvalue weighted by atomic mass is 32.2. The van der Waals surface area contributed by atoms with Crippen LogP contribution in [0.25, 0.3) is 0 Å². The van der Waals surface area contributed by atoms with Crippen molar-refractivity contribution in [3.8, 4) is 0 Å². The van der Waals surface area contributed by atoms with Crippen molar-refractivity contribution in [1.29, 1.82) is 0 Å². The first-order chi connectivity index (χ1) is 14.2. The van der Waals surface area contributed by atoms with Crippen molar-refractivity contribution in [3.05, 3.63) is 70.8 Å². The van der Waals surface area contributed by atoms with Crippen LogP contribution in [0, 0.1) is 6.92 Å². The number of nitrogens with one attached hydrogen (secondary N) is 1. The van der Waals surface area contributed by atoms with E-state index in [9.17, 15) is 4.79 Å². The van der Waals surface area contributed by atoms with Crippen molar-refractivity contribution >= 4 is 29.4 Å². The summed E-state index contributed by atoms with van der Waals surface area (Å²) in [6.45, 7) is 5.22. The van der Waals surface area contributed by atoms with E-state index >= 15 is 0 Å². The second kappa shape index (κ2) is 10.1. The Bertz CT molecular complexity index is 810. The van der Waals surface area contributed by atoms with Gasteiger partial charge in [-0.05, 0) is 61.0 Å². The summed E-state index contributed by atoms with van der Waals surface area (Å²) in [6.07, 6.45) is 3.34. The Morgan fingerprint density at radius 3 is 2.48 bits per heavy atom. The molecule has 2 fully saturated rings. The van der Waals surface area contributed by atoms with Crippen LogP contribution in [0.1, 0.15) is 50.9 Å². The maximum Gasteiger partial charge on any atom is 0.251 e. The van der Waals surface area contributed by atoms with Crippen LogP contribution >= 0.6 is 23.5 Å². The summed E-state index contributed by atoms with van der Waals surface area (Å²) in [5, 5.41) is 3.25. The number of nitrogens with zero attached hydrogens (tertiary/aromatic N) is 1. The Morgan fingerprint density at radius 1 is 1.07 bits per heavy atom. The van der Waals surface area contributed by atoms with Crippen LogP contribution in [0.3, 0.4) is 0 Å². The van der Waals surface area contributed by atoms with Gasteiger partial charge in [0.15, 0.2) is 0 Å².